The van der Waals surface area contributed by atoms with Crippen LogP contribution in [0.2, 0.25) is 5.02 Å². The smallest absolute Gasteiger partial charge is 0.251 e. The monoisotopic (exact) mass is 387 g/mol. The van der Waals surface area contributed by atoms with Crippen LogP contribution in [0.15, 0.2) is 23.1 Å². The molecule has 0 aromatic heterocycles. The van der Waals surface area contributed by atoms with Crippen molar-refractivity contribution < 1.29 is 13.2 Å². The van der Waals surface area contributed by atoms with Crippen molar-refractivity contribution in [3.05, 3.63) is 28.8 Å². The van der Waals surface area contributed by atoms with Gasteiger partial charge in [0, 0.05) is 38.3 Å². The Balaban J connectivity index is 2.19. The number of piperazine rings is 1. The van der Waals surface area contributed by atoms with Crippen molar-refractivity contribution in [3.8, 4) is 0 Å². The fourth-order valence-electron chi connectivity index (χ4n) is 2.59. The summed E-state index contributed by atoms with van der Waals surface area (Å²) in [5.74, 6) is 0.200. The molecule has 0 spiro atoms. The number of hydrogen-bond acceptors (Lipinski definition) is 4. The number of benzene rings is 1. The first kappa shape index (κ1) is 20.2. The predicted molar refractivity (Wildman–Crippen MR) is 99.5 cm³/mol. The zero-order valence-electron chi connectivity index (χ0n) is 15.0. The molecule has 0 atom stereocenters. The van der Waals surface area contributed by atoms with Crippen LogP contribution in [0.25, 0.3) is 0 Å². The van der Waals surface area contributed by atoms with Crippen LogP contribution in [0.1, 0.15) is 30.6 Å². The van der Waals surface area contributed by atoms with Gasteiger partial charge in [0.1, 0.15) is 4.90 Å². The summed E-state index contributed by atoms with van der Waals surface area (Å²) in [5.41, 5.74) is 0.306. The van der Waals surface area contributed by atoms with Gasteiger partial charge in [0.2, 0.25) is 10.0 Å². The van der Waals surface area contributed by atoms with Gasteiger partial charge in [-0.1, -0.05) is 25.4 Å². The molecule has 1 saturated heterocycles. The highest BCUT2D eigenvalue weighted by molar-refractivity contribution is 7.89. The first-order valence-corrected chi connectivity index (χ1v) is 10.3. The molecule has 1 aliphatic heterocycles. The molecule has 1 heterocycles. The molecule has 6 nitrogen and oxygen atoms in total. The molecule has 1 aromatic rings. The van der Waals surface area contributed by atoms with Crippen LogP contribution in [0.3, 0.4) is 0 Å². The van der Waals surface area contributed by atoms with E-state index in [0.717, 1.165) is 6.42 Å². The fourth-order valence-corrected chi connectivity index (χ4v) is 4.51. The largest absolute Gasteiger partial charge is 0.352 e. The van der Waals surface area contributed by atoms with Gasteiger partial charge in [-0.15, -0.1) is 0 Å². The number of carbonyl (C=O) groups excluding carboxylic acids is 1. The molecule has 2 rings (SSSR count). The quantitative estimate of drug-likeness (QED) is 0.811. The Labute approximate surface area is 155 Å². The number of rotatable bonds is 6. The van der Waals surface area contributed by atoms with E-state index < -0.39 is 10.0 Å². The summed E-state index contributed by atoms with van der Waals surface area (Å²) >= 11 is 6.13. The van der Waals surface area contributed by atoms with Crippen molar-refractivity contribution in [2.45, 2.75) is 25.2 Å². The van der Waals surface area contributed by atoms with E-state index in [9.17, 15) is 13.2 Å². The molecule has 0 radical (unpaired) electrons. The Morgan fingerprint density at radius 1 is 1.24 bits per heavy atom. The van der Waals surface area contributed by atoms with Gasteiger partial charge in [-0.05, 0) is 37.6 Å². The summed E-state index contributed by atoms with van der Waals surface area (Å²) in [7, 11) is -1.75. The van der Waals surface area contributed by atoms with Crippen LogP contribution in [0, 0.1) is 5.92 Å². The Morgan fingerprint density at radius 2 is 1.88 bits per heavy atom. The third-order valence-corrected chi connectivity index (χ3v) is 6.66. The Kier molecular flexibility index (Phi) is 6.85. The van der Waals surface area contributed by atoms with E-state index in [4.69, 9.17) is 11.6 Å². The number of hydrogen-bond donors (Lipinski definition) is 1. The molecule has 0 saturated carbocycles. The number of amides is 1. The lowest BCUT2D eigenvalue weighted by Gasteiger charge is -2.31. The molecule has 1 aliphatic rings. The molecule has 1 fully saturated rings. The van der Waals surface area contributed by atoms with E-state index in [1.54, 1.807) is 6.07 Å². The number of sulfonamides is 1. The van der Waals surface area contributed by atoms with E-state index in [0.29, 0.717) is 44.2 Å². The third-order valence-electron chi connectivity index (χ3n) is 4.28. The average Bonchev–Trinajstić information content (AvgIpc) is 2.55. The highest BCUT2D eigenvalue weighted by Crippen LogP contribution is 2.26. The molecular formula is C17H26ClN3O3S. The SMILES string of the molecule is CC(C)CCNC(=O)c1ccc(Cl)c(S(=O)(=O)N2CCN(C)CC2)c1. The summed E-state index contributed by atoms with van der Waals surface area (Å²) in [5, 5.41) is 2.95. The summed E-state index contributed by atoms with van der Waals surface area (Å²) in [6, 6.07) is 4.40. The lowest BCUT2D eigenvalue weighted by atomic mass is 10.1. The van der Waals surface area contributed by atoms with Gasteiger partial charge in [0.15, 0.2) is 0 Å². The number of likely N-dealkylation sites (N-methyl/N-ethyl adjacent to an activating group) is 1. The normalized spacial score (nSPS) is 17.0. The van der Waals surface area contributed by atoms with Crippen molar-refractivity contribution in [1.82, 2.24) is 14.5 Å². The molecule has 25 heavy (non-hydrogen) atoms. The molecule has 0 bridgehead atoms. The first-order chi connectivity index (χ1) is 11.7. The zero-order valence-corrected chi connectivity index (χ0v) is 16.5. The van der Waals surface area contributed by atoms with E-state index >= 15 is 0 Å². The topological polar surface area (TPSA) is 69.7 Å². The molecule has 0 aliphatic carbocycles. The zero-order chi connectivity index (χ0) is 18.6. The minimum absolute atomic E-state index is 0.00442. The van der Waals surface area contributed by atoms with E-state index in [1.807, 2.05) is 7.05 Å². The number of carbonyl (C=O) groups is 1. The summed E-state index contributed by atoms with van der Waals surface area (Å²) in [4.78, 5) is 14.3. The highest BCUT2D eigenvalue weighted by atomic mass is 35.5. The fraction of sp³-hybridized carbons (Fsp3) is 0.588. The van der Waals surface area contributed by atoms with E-state index in [1.165, 1.54) is 16.4 Å². The van der Waals surface area contributed by atoms with Crippen LogP contribution < -0.4 is 5.32 Å². The molecule has 1 N–H and O–H groups in total. The second kappa shape index (κ2) is 8.49. The molecule has 1 amide bonds. The Hall–Kier alpha value is -1.15. The Bertz CT molecular complexity index is 714. The van der Waals surface area contributed by atoms with Gasteiger partial charge < -0.3 is 10.2 Å². The maximum Gasteiger partial charge on any atom is 0.251 e. The maximum atomic E-state index is 12.9. The van der Waals surface area contributed by atoms with Crippen molar-refractivity contribution in [1.29, 1.82) is 0 Å². The average molecular weight is 388 g/mol. The minimum atomic E-state index is -3.71. The first-order valence-electron chi connectivity index (χ1n) is 8.48. The Morgan fingerprint density at radius 3 is 2.48 bits per heavy atom. The van der Waals surface area contributed by atoms with Crippen LogP contribution >= 0.6 is 11.6 Å². The highest BCUT2D eigenvalue weighted by Gasteiger charge is 2.29. The molecule has 140 valence electrons. The van der Waals surface area contributed by atoms with Crippen LogP contribution in [-0.2, 0) is 10.0 Å². The summed E-state index contributed by atoms with van der Waals surface area (Å²) in [6.07, 6.45) is 0.867. The second-order valence-corrected chi connectivity index (χ2v) is 9.10. The molecule has 0 unspecified atom stereocenters. The van der Waals surface area contributed by atoms with Crippen LogP contribution in [0.4, 0.5) is 0 Å². The molecule has 8 heteroatoms. The summed E-state index contributed by atoms with van der Waals surface area (Å²) < 4.78 is 27.2. The lowest BCUT2D eigenvalue weighted by Crippen LogP contribution is -2.47. The summed E-state index contributed by atoms with van der Waals surface area (Å²) in [6.45, 7) is 6.89. The van der Waals surface area contributed by atoms with E-state index in [-0.39, 0.29) is 15.8 Å². The van der Waals surface area contributed by atoms with Crippen molar-refractivity contribution >= 4 is 27.5 Å². The van der Waals surface area contributed by atoms with Gasteiger partial charge >= 0.3 is 0 Å². The van der Waals surface area contributed by atoms with Crippen LogP contribution in [-0.4, -0.2) is 63.3 Å². The maximum absolute atomic E-state index is 12.9. The van der Waals surface area contributed by atoms with Crippen molar-refractivity contribution in [2.75, 3.05) is 39.8 Å². The minimum Gasteiger partial charge on any atom is -0.352 e. The van der Waals surface area contributed by atoms with Crippen molar-refractivity contribution in [3.63, 3.8) is 0 Å². The van der Waals surface area contributed by atoms with Crippen LogP contribution in [0.5, 0.6) is 0 Å². The molecule has 1 aromatic carbocycles. The van der Waals surface area contributed by atoms with E-state index in [2.05, 4.69) is 24.1 Å². The standard InChI is InChI=1S/C17H26ClN3O3S/c1-13(2)6-7-19-17(22)14-4-5-15(18)16(12-14)25(23,24)21-10-8-20(3)9-11-21/h4-5,12-13H,6-11H2,1-3H3,(H,19,22). The van der Waals surface area contributed by atoms with Gasteiger partial charge in [0.05, 0.1) is 5.02 Å². The third kappa shape index (κ3) is 5.17. The predicted octanol–water partition coefficient (Wildman–Crippen LogP) is 2.05. The number of nitrogens with one attached hydrogen (secondary N) is 1. The number of halogens is 1. The van der Waals surface area contributed by atoms with Gasteiger partial charge in [-0.2, -0.15) is 4.31 Å². The number of nitrogens with zero attached hydrogens (tertiary/aromatic N) is 2. The van der Waals surface area contributed by atoms with Gasteiger partial charge in [0.25, 0.3) is 5.91 Å². The molecular weight excluding hydrogens is 362 g/mol. The van der Waals surface area contributed by atoms with Gasteiger partial charge in [-0.25, -0.2) is 8.42 Å². The lowest BCUT2D eigenvalue weighted by molar-refractivity contribution is 0.0952. The second-order valence-electron chi connectivity index (χ2n) is 6.79. The van der Waals surface area contributed by atoms with Crippen molar-refractivity contribution in [2.24, 2.45) is 5.92 Å². The van der Waals surface area contributed by atoms with Gasteiger partial charge in [-0.3, -0.25) is 4.79 Å².